The second-order valence-corrected chi connectivity index (χ2v) is 10.2. The van der Waals surface area contributed by atoms with Gasteiger partial charge in [0.1, 0.15) is 23.6 Å². The van der Waals surface area contributed by atoms with Crippen LogP contribution in [0.1, 0.15) is 29.9 Å². The number of para-hydroxylation sites is 1. The third kappa shape index (κ3) is 4.98. The molecular weight excluding hydrogens is 504 g/mol. The van der Waals surface area contributed by atoms with Crippen LogP contribution in [0, 0.1) is 0 Å². The summed E-state index contributed by atoms with van der Waals surface area (Å²) < 4.78 is 11.5. The summed E-state index contributed by atoms with van der Waals surface area (Å²) in [6.07, 6.45) is -0.191. The lowest BCUT2D eigenvalue weighted by molar-refractivity contribution is -0.145. The van der Waals surface area contributed by atoms with Crippen LogP contribution in [0.15, 0.2) is 103 Å². The van der Waals surface area contributed by atoms with E-state index < -0.39 is 17.6 Å². The molecule has 4 aromatic carbocycles. The second-order valence-electron chi connectivity index (χ2n) is 10.2. The molecule has 202 valence electrons. The van der Waals surface area contributed by atoms with Crippen molar-refractivity contribution in [3.05, 3.63) is 114 Å². The van der Waals surface area contributed by atoms with E-state index in [4.69, 9.17) is 9.47 Å². The highest BCUT2D eigenvalue weighted by Crippen LogP contribution is 2.44. The number of fused-ring (bicyclic) bond motifs is 3. The number of nitrogens with zero attached hydrogens (tertiary/aromatic N) is 1. The number of carbonyl (C=O) groups is 2. The fourth-order valence-electron chi connectivity index (χ4n) is 5.72. The van der Waals surface area contributed by atoms with E-state index in [1.54, 1.807) is 0 Å². The van der Waals surface area contributed by atoms with Gasteiger partial charge in [-0.1, -0.05) is 66.7 Å². The Morgan fingerprint density at radius 3 is 1.93 bits per heavy atom. The van der Waals surface area contributed by atoms with Crippen molar-refractivity contribution < 1.29 is 24.2 Å². The van der Waals surface area contributed by atoms with Gasteiger partial charge in [-0.05, 0) is 71.5 Å². The van der Waals surface area contributed by atoms with Gasteiger partial charge in [-0.15, -0.1) is 0 Å². The number of amides is 1. The minimum atomic E-state index is -1.38. The number of carboxylic acid groups (broad SMARTS) is 1. The predicted octanol–water partition coefficient (Wildman–Crippen LogP) is 6.44. The summed E-state index contributed by atoms with van der Waals surface area (Å²) >= 11 is 0. The molecule has 0 aromatic heterocycles. The van der Waals surface area contributed by atoms with Crippen molar-refractivity contribution >= 4 is 17.7 Å². The van der Waals surface area contributed by atoms with Gasteiger partial charge in [-0.25, -0.2) is 9.59 Å². The van der Waals surface area contributed by atoms with Crippen molar-refractivity contribution in [2.75, 3.05) is 24.6 Å². The largest absolute Gasteiger partial charge is 0.480 e. The molecular formula is C33H30N2O5. The van der Waals surface area contributed by atoms with Gasteiger partial charge in [0.05, 0.1) is 0 Å². The number of piperidine rings is 1. The van der Waals surface area contributed by atoms with Crippen molar-refractivity contribution in [3.63, 3.8) is 0 Å². The Kier molecular flexibility index (Phi) is 6.86. The van der Waals surface area contributed by atoms with Gasteiger partial charge >= 0.3 is 12.1 Å². The summed E-state index contributed by atoms with van der Waals surface area (Å²) in [5.41, 5.74) is 4.09. The van der Waals surface area contributed by atoms with Crippen LogP contribution in [0.25, 0.3) is 11.1 Å². The summed E-state index contributed by atoms with van der Waals surface area (Å²) in [5, 5.41) is 12.8. The van der Waals surface area contributed by atoms with Crippen LogP contribution in [0.2, 0.25) is 0 Å². The molecule has 1 amide bonds. The third-order valence-electron chi connectivity index (χ3n) is 7.89. The Morgan fingerprint density at radius 2 is 1.32 bits per heavy atom. The zero-order valence-corrected chi connectivity index (χ0v) is 22.0. The minimum absolute atomic E-state index is 0.0883. The van der Waals surface area contributed by atoms with Crippen LogP contribution in [0.5, 0.6) is 11.5 Å². The number of carboxylic acids is 1. The average molecular weight is 535 g/mol. The second kappa shape index (κ2) is 10.8. The molecule has 0 saturated carbocycles. The lowest BCUT2D eigenvalue weighted by atomic mass is 9.87. The number of nitrogens with one attached hydrogen (secondary N) is 1. The summed E-state index contributed by atoms with van der Waals surface area (Å²) in [6.45, 7) is 1.10. The van der Waals surface area contributed by atoms with Crippen molar-refractivity contribution in [3.8, 4) is 22.6 Å². The van der Waals surface area contributed by atoms with Crippen LogP contribution in [0.4, 0.5) is 10.5 Å². The van der Waals surface area contributed by atoms with Crippen LogP contribution in [0.3, 0.4) is 0 Å². The highest BCUT2D eigenvalue weighted by molar-refractivity contribution is 5.85. The first kappa shape index (κ1) is 25.5. The fourth-order valence-corrected chi connectivity index (χ4v) is 5.72. The number of rotatable bonds is 7. The van der Waals surface area contributed by atoms with E-state index in [1.807, 2.05) is 78.9 Å². The molecule has 1 heterocycles. The predicted molar refractivity (Wildman–Crippen MR) is 153 cm³/mol. The molecule has 7 nitrogen and oxygen atoms in total. The highest BCUT2D eigenvalue weighted by atomic mass is 16.5. The lowest BCUT2D eigenvalue weighted by Crippen LogP contribution is -2.60. The van der Waals surface area contributed by atoms with E-state index in [-0.39, 0.29) is 25.4 Å². The molecule has 0 atom stereocenters. The van der Waals surface area contributed by atoms with E-state index in [9.17, 15) is 14.7 Å². The van der Waals surface area contributed by atoms with Gasteiger partial charge in [-0.3, -0.25) is 0 Å². The number of hydrogen-bond donors (Lipinski definition) is 2. The van der Waals surface area contributed by atoms with Gasteiger partial charge in [0.15, 0.2) is 0 Å². The Balaban J connectivity index is 1.07. The molecule has 1 fully saturated rings. The van der Waals surface area contributed by atoms with E-state index in [0.717, 1.165) is 39.4 Å². The standard InChI is InChI=1S/C33H30N2O5/c36-31(37)33(18-20-35(21-19-33)23-14-16-25(17-15-23)40-24-8-2-1-3-9-24)34-32(38)39-22-30-28-12-6-4-10-26(28)27-11-5-7-13-29(27)30/h1-17,30H,18-22H2,(H,34,38)(H,36,37). The van der Waals surface area contributed by atoms with Crippen molar-refractivity contribution in [1.82, 2.24) is 5.32 Å². The number of alkyl carbamates (subject to hydrolysis) is 1. The molecule has 1 aliphatic carbocycles. The number of aliphatic carboxylic acids is 1. The summed E-state index contributed by atoms with van der Waals surface area (Å²) in [6, 6.07) is 33.5. The normalized spacial score (nSPS) is 15.6. The van der Waals surface area contributed by atoms with E-state index in [0.29, 0.717) is 13.1 Å². The van der Waals surface area contributed by atoms with Crippen molar-refractivity contribution in [1.29, 1.82) is 0 Å². The molecule has 1 aliphatic heterocycles. The zero-order chi connectivity index (χ0) is 27.5. The first-order valence-corrected chi connectivity index (χ1v) is 13.5. The van der Waals surface area contributed by atoms with Gasteiger partial charge in [0.25, 0.3) is 0 Å². The number of ether oxygens (including phenoxy) is 2. The maximum Gasteiger partial charge on any atom is 0.408 e. The minimum Gasteiger partial charge on any atom is -0.480 e. The first-order valence-electron chi connectivity index (χ1n) is 13.5. The van der Waals surface area contributed by atoms with Gasteiger partial charge in [-0.2, -0.15) is 0 Å². The molecule has 4 aromatic rings. The van der Waals surface area contributed by atoms with Gasteiger partial charge in [0, 0.05) is 24.7 Å². The lowest BCUT2D eigenvalue weighted by Gasteiger charge is -2.40. The maximum absolute atomic E-state index is 12.9. The molecule has 0 unspecified atom stereocenters. The SMILES string of the molecule is O=C(NC1(C(=O)O)CCN(c2ccc(Oc3ccccc3)cc2)CC1)OCC1c2ccccc2-c2ccccc21. The number of anilines is 1. The Hall–Kier alpha value is -4.78. The molecule has 0 spiro atoms. The smallest absolute Gasteiger partial charge is 0.408 e. The van der Waals surface area contributed by atoms with Crippen molar-refractivity contribution in [2.45, 2.75) is 24.3 Å². The number of benzene rings is 4. The molecule has 2 N–H and O–H groups in total. The Morgan fingerprint density at radius 1 is 0.775 bits per heavy atom. The molecule has 2 aliphatic rings. The fraction of sp³-hybridized carbons (Fsp3) is 0.212. The molecule has 0 bridgehead atoms. The Bertz CT molecular complexity index is 1470. The first-order chi connectivity index (χ1) is 19.5. The topological polar surface area (TPSA) is 88.1 Å². The van der Waals surface area contributed by atoms with E-state index in [1.165, 1.54) is 0 Å². The molecule has 0 radical (unpaired) electrons. The van der Waals surface area contributed by atoms with Crippen LogP contribution >= 0.6 is 0 Å². The molecule has 7 heteroatoms. The van der Waals surface area contributed by atoms with Crippen LogP contribution in [-0.4, -0.2) is 42.4 Å². The van der Waals surface area contributed by atoms with Gasteiger partial charge in [0.2, 0.25) is 0 Å². The molecule has 6 rings (SSSR count). The molecule has 40 heavy (non-hydrogen) atoms. The summed E-state index contributed by atoms with van der Waals surface area (Å²) in [4.78, 5) is 27.4. The third-order valence-corrected chi connectivity index (χ3v) is 7.89. The van der Waals surface area contributed by atoms with E-state index in [2.05, 4.69) is 34.5 Å². The number of hydrogen-bond acceptors (Lipinski definition) is 5. The van der Waals surface area contributed by atoms with Gasteiger partial charge < -0.3 is 24.8 Å². The summed E-state index contributed by atoms with van der Waals surface area (Å²) in [5.74, 6) is 0.351. The number of carbonyl (C=O) groups excluding carboxylic acids is 1. The maximum atomic E-state index is 12.9. The summed E-state index contributed by atoms with van der Waals surface area (Å²) in [7, 11) is 0. The van der Waals surface area contributed by atoms with Crippen LogP contribution in [-0.2, 0) is 9.53 Å². The van der Waals surface area contributed by atoms with E-state index >= 15 is 0 Å². The molecule has 1 saturated heterocycles. The average Bonchev–Trinajstić information content (AvgIpc) is 3.31. The van der Waals surface area contributed by atoms with Crippen molar-refractivity contribution in [2.24, 2.45) is 0 Å². The zero-order valence-electron chi connectivity index (χ0n) is 22.0. The quantitative estimate of drug-likeness (QED) is 0.284. The highest BCUT2D eigenvalue weighted by Gasteiger charge is 2.43. The Labute approximate surface area is 233 Å². The van der Waals surface area contributed by atoms with Crippen LogP contribution < -0.4 is 15.0 Å². The monoisotopic (exact) mass is 534 g/mol.